The molecule has 1 rings (SSSR count). The Morgan fingerprint density at radius 2 is 2.10 bits per heavy atom. The van der Waals surface area contributed by atoms with Crippen LogP contribution in [0, 0.1) is 0 Å². The highest BCUT2D eigenvalue weighted by Crippen LogP contribution is 2.11. The Kier molecular flexibility index (Phi) is 8.28. The molecule has 118 valence electrons. The summed E-state index contributed by atoms with van der Waals surface area (Å²) in [7, 11) is 3.44. The van der Waals surface area contributed by atoms with Crippen LogP contribution < -0.4 is 15.4 Å². The molecule has 0 aliphatic carbocycles. The smallest absolute Gasteiger partial charge is 0.191 e. The van der Waals surface area contributed by atoms with Crippen molar-refractivity contribution < 1.29 is 9.47 Å². The van der Waals surface area contributed by atoms with Crippen LogP contribution in [0.2, 0.25) is 0 Å². The van der Waals surface area contributed by atoms with E-state index in [1.807, 2.05) is 32.0 Å². The zero-order chi connectivity index (χ0) is 15.5. The van der Waals surface area contributed by atoms with Crippen molar-refractivity contribution in [1.29, 1.82) is 0 Å². The number of methoxy groups -OCH3 is 1. The van der Waals surface area contributed by atoms with E-state index >= 15 is 0 Å². The van der Waals surface area contributed by atoms with Crippen LogP contribution in [-0.2, 0) is 11.3 Å². The molecule has 0 radical (unpaired) electrons. The van der Waals surface area contributed by atoms with E-state index in [4.69, 9.17) is 9.47 Å². The van der Waals surface area contributed by atoms with E-state index in [0.717, 1.165) is 36.8 Å². The number of hydrogen-bond acceptors (Lipinski definition) is 3. The lowest BCUT2D eigenvalue weighted by Crippen LogP contribution is -2.37. The van der Waals surface area contributed by atoms with Gasteiger partial charge in [0.1, 0.15) is 5.75 Å². The maximum absolute atomic E-state index is 5.50. The molecule has 0 bridgehead atoms. The Labute approximate surface area is 127 Å². The Bertz CT molecular complexity index is 433. The van der Waals surface area contributed by atoms with Crippen molar-refractivity contribution in [3.05, 3.63) is 29.8 Å². The van der Waals surface area contributed by atoms with Gasteiger partial charge in [-0.2, -0.15) is 0 Å². The summed E-state index contributed by atoms with van der Waals surface area (Å²) in [5.74, 6) is 1.66. The minimum atomic E-state index is 0.287. The van der Waals surface area contributed by atoms with Gasteiger partial charge in [0.05, 0.1) is 13.2 Å². The fourth-order valence-electron chi connectivity index (χ4n) is 1.79. The molecule has 0 atom stereocenters. The zero-order valence-electron chi connectivity index (χ0n) is 13.5. The summed E-state index contributed by atoms with van der Waals surface area (Å²) in [6.07, 6.45) is 1.24. The molecule has 0 amide bonds. The quantitative estimate of drug-likeness (QED) is 0.438. The second-order valence-electron chi connectivity index (χ2n) is 4.98. The van der Waals surface area contributed by atoms with Gasteiger partial charge in [-0.05, 0) is 38.0 Å². The fraction of sp³-hybridized carbons (Fsp3) is 0.562. The van der Waals surface area contributed by atoms with Crippen molar-refractivity contribution in [2.24, 2.45) is 4.99 Å². The van der Waals surface area contributed by atoms with Crippen molar-refractivity contribution >= 4 is 5.96 Å². The van der Waals surface area contributed by atoms with Gasteiger partial charge in [-0.3, -0.25) is 4.99 Å². The molecule has 21 heavy (non-hydrogen) atoms. The number of ether oxygens (including phenoxy) is 2. The predicted octanol–water partition coefficient (Wildman–Crippen LogP) is 2.18. The first-order valence-corrected chi connectivity index (χ1v) is 7.34. The van der Waals surface area contributed by atoms with Gasteiger partial charge in [-0.15, -0.1) is 0 Å². The maximum atomic E-state index is 5.50. The molecule has 0 aliphatic heterocycles. The van der Waals surface area contributed by atoms with Gasteiger partial charge in [-0.1, -0.05) is 12.1 Å². The number of hydrogen-bond donors (Lipinski definition) is 2. The Balaban J connectivity index is 2.27. The van der Waals surface area contributed by atoms with Gasteiger partial charge in [0.25, 0.3) is 0 Å². The van der Waals surface area contributed by atoms with Crippen LogP contribution in [0.4, 0.5) is 0 Å². The van der Waals surface area contributed by atoms with Gasteiger partial charge in [0.2, 0.25) is 0 Å². The summed E-state index contributed by atoms with van der Waals surface area (Å²) < 4.78 is 10.7. The molecular formula is C16H27N3O2. The SMILES string of the molecule is CN=C(NCCCOC(C)C)NCc1cccc(OC)c1. The topological polar surface area (TPSA) is 54.9 Å². The first kappa shape index (κ1) is 17.3. The number of aliphatic imine (C=N–C) groups is 1. The van der Waals surface area contributed by atoms with Gasteiger partial charge in [0.15, 0.2) is 5.96 Å². The van der Waals surface area contributed by atoms with Crippen molar-refractivity contribution in [2.45, 2.75) is 32.9 Å². The molecule has 5 nitrogen and oxygen atoms in total. The number of nitrogens with one attached hydrogen (secondary N) is 2. The monoisotopic (exact) mass is 293 g/mol. The lowest BCUT2D eigenvalue weighted by Gasteiger charge is -2.13. The summed E-state index contributed by atoms with van der Waals surface area (Å²) in [6, 6.07) is 7.98. The minimum absolute atomic E-state index is 0.287. The average molecular weight is 293 g/mol. The van der Waals surface area contributed by atoms with Gasteiger partial charge < -0.3 is 20.1 Å². The highest BCUT2D eigenvalue weighted by atomic mass is 16.5. The third kappa shape index (κ3) is 7.56. The molecule has 1 aromatic carbocycles. The standard InChI is InChI=1S/C16H27N3O2/c1-13(2)21-10-6-9-18-16(17-3)19-12-14-7-5-8-15(11-14)20-4/h5,7-8,11,13H,6,9-10,12H2,1-4H3,(H2,17,18,19). The summed E-state index contributed by atoms with van der Waals surface area (Å²) in [4.78, 5) is 4.20. The molecule has 0 heterocycles. The fourth-order valence-corrected chi connectivity index (χ4v) is 1.79. The molecule has 0 spiro atoms. The van der Waals surface area contributed by atoms with Crippen molar-refractivity contribution in [3.8, 4) is 5.75 Å². The summed E-state index contributed by atoms with van der Waals surface area (Å²) in [5.41, 5.74) is 1.15. The highest BCUT2D eigenvalue weighted by Gasteiger charge is 2.00. The predicted molar refractivity (Wildman–Crippen MR) is 86.9 cm³/mol. The number of benzene rings is 1. The van der Waals surface area contributed by atoms with Crippen LogP contribution in [0.25, 0.3) is 0 Å². The Morgan fingerprint density at radius 3 is 2.76 bits per heavy atom. The number of guanidine groups is 1. The minimum Gasteiger partial charge on any atom is -0.497 e. The first-order chi connectivity index (χ1) is 10.2. The van der Waals surface area contributed by atoms with Gasteiger partial charge in [-0.25, -0.2) is 0 Å². The van der Waals surface area contributed by atoms with E-state index in [-0.39, 0.29) is 6.10 Å². The molecule has 0 fully saturated rings. The third-order valence-corrected chi connectivity index (χ3v) is 2.88. The Morgan fingerprint density at radius 1 is 1.29 bits per heavy atom. The summed E-state index contributed by atoms with van der Waals surface area (Å²) in [6.45, 7) is 6.39. The summed E-state index contributed by atoms with van der Waals surface area (Å²) in [5, 5.41) is 6.55. The number of nitrogens with zero attached hydrogens (tertiary/aromatic N) is 1. The van der Waals surface area contributed by atoms with Crippen molar-refractivity contribution in [1.82, 2.24) is 10.6 Å². The van der Waals surface area contributed by atoms with Crippen LogP contribution in [0.15, 0.2) is 29.3 Å². The maximum Gasteiger partial charge on any atom is 0.191 e. The van der Waals surface area contributed by atoms with E-state index in [0.29, 0.717) is 6.54 Å². The van der Waals surface area contributed by atoms with E-state index < -0.39 is 0 Å². The molecule has 0 saturated carbocycles. The lowest BCUT2D eigenvalue weighted by molar-refractivity contribution is 0.0776. The van der Waals surface area contributed by atoms with Gasteiger partial charge in [0, 0.05) is 26.7 Å². The molecule has 0 aliphatic rings. The molecule has 0 unspecified atom stereocenters. The highest BCUT2D eigenvalue weighted by molar-refractivity contribution is 5.79. The molecule has 2 N–H and O–H groups in total. The molecular weight excluding hydrogens is 266 g/mol. The van der Waals surface area contributed by atoms with Crippen LogP contribution in [0.5, 0.6) is 5.75 Å². The van der Waals surface area contributed by atoms with Crippen LogP contribution in [0.3, 0.4) is 0 Å². The van der Waals surface area contributed by atoms with E-state index in [1.54, 1.807) is 14.2 Å². The normalized spacial score (nSPS) is 11.6. The summed E-state index contributed by atoms with van der Waals surface area (Å²) >= 11 is 0. The van der Waals surface area contributed by atoms with E-state index in [9.17, 15) is 0 Å². The third-order valence-electron chi connectivity index (χ3n) is 2.88. The van der Waals surface area contributed by atoms with E-state index in [2.05, 4.69) is 21.7 Å². The second-order valence-corrected chi connectivity index (χ2v) is 4.98. The van der Waals surface area contributed by atoms with Crippen LogP contribution in [0.1, 0.15) is 25.8 Å². The van der Waals surface area contributed by atoms with Crippen molar-refractivity contribution in [3.63, 3.8) is 0 Å². The molecule has 5 heteroatoms. The lowest BCUT2D eigenvalue weighted by atomic mass is 10.2. The number of rotatable bonds is 8. The average Bonchev–Trinajstić information content (AvgIpc) is 2.50. The van der Waals surface area contributed by atoms with Crippen LogP contribution >= 0.6 is 0 Å². The second kappa shape index (κ2) is 10.0. The van der Waals surface area contributed by atoms with E-state index in [1.165, 1.54) is 0 Å². The van der Waals surface area contributed by atoms with Crippen molar-refractivity contribution in [2.75, 3.05) is 27.3 Å². The molecule has 0 saturated heterocycles. The van der Waals surface area contributed by atoms with Crippen LogP contribution in [-0.4, -0.2) is 39.4 Å². The Hall–Kier alpha value is -1.75. The largest absolute Gasteiger partial charge is 0.497 e. The zero-order valence-corrected chi connectivity index (χ0v) is 13.5. The molecule has 0 aromatic heterocycles. The molecule has 1 aromatic rings. The first-order valence-electron chi connectivity index (χ1n) is 7.34. The van der Waals surface area contributed by atoms with Gasteiger partial charge >= 0.3 is 0 Å².